The maximum Gasteiger partial charge on any atom is 0.328 e. The molecule has 0 saturated carbocycles. The van der Waals surface area contributed by atoms with E-state index in [1.165, 1.54) is 12.3 Å². The second-order valence-electron chi connectivity index (χ2n) is 4.48. The molecule has 0 amide bonds. The van der Waals surface area contributed by atoms with Gasteiger partial charge in [0, 0.05) is 19.3 Å². The summed E-state index contributed by atoms with van der Waals surface area (Å²) in [5.41, 5.74) is -0.260. The third-order valence-electron chi connectivity index (χ3n) is 2.54. The zero-order chi connectivity index (χ0) is 15.0. The molecule has 1 N–H and O–H groups in total. The van der Waals surface area contributed by atoms with Crippen LogP contribution in [0.5, 0.6) is 0 Å². The minimum absolute atomic E-state index is 0.00985. The summed E-state index contributed by atoms with van der Waals surface area (Å²) in [5, 5.41) is 22.7. The summed E-state index contributed by atoms with van der Waals surface area (Å²) in [6.45, 7) is 5.15. The van der Waals surface area contributed by atoms with Gasteiger partial charge in [-0.05, 0) is 32.8 Å². The predicted molar refractivity (Wildman–Crippen MR) is 74.4 cm³/mol. The van der Waals surface area contributed by atoms with Gasteiger partial charge in [-0.1, -0.05) is 0 Å². The van der Waals surface area contributed by atoms with Crippen LogP contribution in [0.15, 0.2) is 12.3 Å². The van der Waals surface area contributed by atoms with Crippen LogP contribution in [0, 0.1) is 21.4 Å². The summed E-state index contributed by atoms with van der Waals surface area (Å²) in [5.74, 6) is 0.138. The predicted octanol–water partition coefficient (Wildman–Crippen LogP) is 2.48. The normalized spacial score (nSPS) is 10.3. The fourth-order valence-electron chi connectivity index (χ4n) is 1.61. The van der Waals surface area contributed by atoms with E-state index in [1.807, 2.05) is 13.8 Å². The van der Waals surface area contributed by atoms with Crippen LogP contribution < -0.4 is 5.32 Å². The van der Waals surface area contributed by atoms with Crippen molar-refractivity contribution in [3.63, 3.8) is 0 Å². The van der Waals surface area contributed by atoms with E-state index in [0.29, 0.717) is 13.2 Å². The lowest BCUT2D eigenvalue weighted by Crippen LogP contribution is -2.09. The molecule has 7 nitrogen and oxygen atoms in total. The van der Waals surface area contributed by atoms with E-state index in [4.69, 9.17) is 10.00 Å². The van der Waals surface area contributed by atoms with Gasteiger partial charge in [-0.25, -0.2) is 4.98 Å². The zero-order valence-corrected chi connectivity index (χ0v) is 11.6. The van der Waals surface area contributed by atoms with E-state index < -0.39 is 4.92 Å². The Labute approximate surface area is 117 Å². The first-order valence-corrected chi connectivity index (χ1v) is 6.45. The number of ether oxygens (including phenoxy) is 1. The van der Waals surface area contributed by atoms with Gasteiger partial charge in [0.2, 0.25) is 5.82 Å². The first kappa shape index (κ1) is 15.9. The van der Waals surface area contributed by atoms with E-state index in [1.54, 1.807) is 6.07 Å². The summed E-state index contributed by atoms with van der Waals surface area (Å²) < 4.78 is 5.40. The minimum Gasteiger partial charge on any atom is -0.379 e. The topological polar surface area (TPSA) is 101 Å². The first-order chi connectivity index (χ1) is 9.56. The Kier molecular flexibility index (Phi) is 6.40. The molecule has 7 heteroatoms. The molecule has 1 heterocycles. The summed E-state index contributed by atoms with van der Waals surface area (Å²) in [6, 6.07) is 3.13. The SMILES string of the molecule is CC(C)OCCCCNc1nccc(C#N)c1[N+](=O)[O-]. The number of hydrogen-bond acceptors (Lipinski definition) is 6. The van der Waals surface area contributed by atoms with Crippen LogP contribution in [0.1, 0.15) is 32.3 Å². The van der Waals surface area contributed by atoms with Gasteiger partial charge >= 0.3 is 5.69 Å². The molecule has 0 saturated heterocycles. The molecule has 0 aromatic carbocycles. The molecule has 1 aromatic rings. The Morgan fingerprint density at radius 2 is 2.30 bits per heavy atom. The van der Waals surface area contributed by atoms with E-state index in [0.717, 1.165) is 12.8 Å². The Bertz CT molecular complexity index is 497. The van der Waals surface area contributed by atoms with E-state index >= 15 is 0 Å². The number of unbranched alkanes of at least 4 members (excludes halogenated alkanes) is 1. The molecule has 20 heavy (non-hydrogen) atoms. The number of aromatic nitrogens is 1. The van der Waals surface area contributed by atoms with E-state index in [-0.39, 0.29) is 23.2 Å². The Balaban J connectivity index is 2.52. The van der Waals surface area contributed by atoms with Gasteiger partial charge in [-0.3, -0.25) is 10.1 Å². The molecule has 1 rings (SSSR count). The second-order valence-corrected chi connectivity index (χ2v) is 4.48. The third-order valence-corrected chi connectivity index (χ3v) is 2.54. The summed E-state index contributed by atoms with van der Waals surface area (Å²) >= 11 is 0. The van der Waals surface area contributed by atoms with Crippen LogP contribution in [-0.2, 0) is 4.74 Å². The maximum absolute atomic E-state index is 11.0. The Morgan fingerprint density at radius 3 is 2.90 bits per heavy atom. The Hall–Kier alpha value is -2.20. The highest BCUT2D eigenvalue weighted by Crippen LogP contribution is 2.25. The van der Waals surface area contributed by atoms with Crippen LogP contribution in [-0.4, -0.2) is 29.2 Å². The number of pyridine rings is 1. The molecular weight excluding hydrogens is 260 g/mol. The smallest absolute Gasteiger partial charge is 0.328 e. The standard InChI is InChI=1S/C13H18N4O3/c1-10(2)20-8-4-3-6-15-13-12(17(18)19)11(9-14)5-7-16-13/h5,7,10H,3-4,6,8H2,1-2H3,(H,15,16). The van der Waals surface area contributed by atoms with Crippen molar-refractivity contribution in [2.45, 2.75) is 32.8 Å². The van der Waals surface area contributed by atoms with E-state index in [2.05, 4.69) is 10.3 Å². The van der Waals surface area contributed by atoms with Crippen molar-refractivity contribution in [1.82, 2.24) is 4.98 Å². The molecule has 0 fully saturated rings. The van der Waals surface area contributed by atoms with Gasteiger partial charge in [0.05, 0.1) is 11.0 Å². The fourth-order valence-corrected chi connectivity index (χ4v) is 1.61. The number of nitro groups is 1. The van der Waals surface area contributed by atoms with Crippen LogP contribution in [0.25, 0.3) is 0 Å². The first-order valence-electron chi connectivity index (χ1n) is 6.45. The lowest BCUT2D eigenvalue weighted by atomic mass is 10.2. The Morgan fingerprint density at radius 1 is 1.55 bits per heavy atom. The number of nitrogens with zero attached hydrogens (tertiary/aromatic N) is 3. The number of hydrogen-bond donors (Lipinski definition) is 1. The highest BCUT2D eigenvalue weighted by Gasteiger charge is 2.20. The summed E-state index contributed by atoms with van der Waals surface area (Å²) in [4.78, 5) is 14.3. The molecule has 0 spiro atoms. The van der Waals surface area contributed by atoms with Gasteiger partial charge in [0.1, 0.15) is 11.6 Å². The molecule has 0 aliphatic carbocycles. The van der Waals surface area contributed by atoms with Crippen LogP contribution in [0.2, 0.25) is 0 Å². The third kappa shape index (κ3) is 4.82. The highest BCUT2D eigenvalue weighted by molar-refractivity contribution is 5.63. The molecule has 108 valence electrons. The second kappa shape index (κ2) is 8.07. The van der Waals surface area contributed by atoms with Crippen molar-refractivity contribution in [3.05, 3.63) is 27.9 Å². The van der Waals surface area contributed by atoms with Crippen molar-refractivity contribution in [3.8, 4) is 6.07 Å². The summed E-state index contributed by atoms with van der Waals surface area (Å²) in [7, 11) is 0. The number of nitrogens with one attached hydrogen (secondary N) is 1. The fraction of sp³-hybridized carbons (Fsp3) is 0.538. The van der Waals surface area contributed by atoms with Crippen molar-refractivity contribution in [2.24, 2.45) is 0 Å². The van der Waals surface area contributed by atoms with Gasteiger partial charge in [0.15, 0.2) is 0 Å². The van der Waals surface area contributed by atoms with Crippen molar-refractivity contribution < 1.29 is 9.66 Å². The van der Waals surface area contributed by atoms with Crippen molar-refractivity contribution in [2.75, 3.05) is 18.5 Å². The van der Waals surface area contributed by atoms with Gasteiger partial charge in [-0.2, -0.15) is 5.26 Å². The highest BCUT2D eigenvalue weighted by atomic mass is 16.6. The quantitative estimate of drug-likeness (QED) is 0.445. The van der Waals surface area contributed by atoms with Gasteiger partial charge < -0.3 is 10.1 Å². The van der Waals surface area contributed by atoms with Gasteiger partial charge in [0.25, 0.3) is 0 Å². The molecule has 0 aliphatic rings. The number of nitriles is 1. The van der Waals surface area contributed by atoms with Crippen LogP contribution in [0.4, 0.5) is 11.5 Å². The average molecular weight is 278 g/mol. The van der Waals surface area contributed by atoms with E-state index in [9.17, 15) is 10.1 Å². The molecule has 0 bridgehead atoms. The molecule has 0 radical (unpaired) electrons. The molecule has 0 aliphatic heterocycles. The zero-order valence-electron chi connectivity index (χ0n) is 11.6. The van der Waals surface area contributed by atoms with Crippen LogP contribution >= 0.6 is 0 Å². The van der Waals surface area contributed by atoms with Crippen molar-refractivity contribution >= 4 is 11.5 Å². The maximum atomic E-state index is 11.0. The molecule has 0 unspecified atom stereocenters. The van der Waals surface area contributed by atoms with Crippen LogP contribution in [0.3, 0.4) is 0 Å². The monoisotopic (exact) mass is 278 g/mol. The van der Waals surface area contributed by atoms with Crippen molar-refractivity contribution in [1.29, 1.82) is 5.26 Å². The lowest BCUT2D eigenvalue weighted by molar-refractivity contribution is -0.384. The number of anilines is 1. The number of rotatable bonds is 8. The average Bonchev–Trinajstić information content (AvgIpc) is 2.41. The van der Waals surface area contributed by atoms with Gasteiger partial charge in [-0.15, -0.1) is 0 Å². The lowest BCUT2D eigenvalue weighted by Gasteiger charge is -2.08. The minimum atomic E-state index is -0.588. The summed E-state index contributed by atoms with van der Waals surface area (Å²) in [6.07, 6.45) is 3.26. The molecule has 1 aromatic heterocycles. The molecule has 0 atom stereocenters. The largest absolute Gasteiger partial charge is 0.379 e. The molecular formula is C13H18N4O3.